The first-order valence-corrected chi connectivity index (χ1v) is 9.19. The van der Waals surface area contributed by atoms with Crippen molar-refractivity contribution in [1.29, 1.82) is 0 Å². The van der Waals surface area contributed by atoms with E-state index in [2.05, 4.69) is 10.1 Å². The van der Waals surface area contributed by atoms with Crippen LogP contribution in [0.1, 0.15) is 15.9 Å². The van der Waals surface area contributed by atoms with Gasteiger partial charge in [0.05, 0.1) is 24.4 Å². The summed E-state index contributed by atoms with van der Waals surface area (Å²) in [6.45, 7) is 0.578. The Kier molecular flexibility index (Phi) is 4.10. The predicted molar refractivity (Wildman–Crippen MR) is 104 cm³/mol. The number of carboxylic acids is 1. The molecule has 4 aromatic rings. The molecule has 0 spiro atoms. The van der Waals surface area contributed by atoms with Gasteiger partial charge in [0, 0.05) is 21.5 Å². The molecular formula is C21H13ClN3O4-. The lowest BCUT2D eigenvalue weighted by atomic mass is 10.1. The Bertz CT molecular complexity index is 1250. The van der Waals surface area contributed by atoms with E-state index in [1.54, 1.807) is 35.0 Å². The summed E-state index contributed by atoms with van der Waals surface area (Å²) in [4.78, 5) is 16.4. The van der Waals surface area contributed by atoms with Crippen molar-refractivity contribution in [2.45, 2.75) is 6.54 Å². The third-order valence-corrected chi connectivity index (χ3v) is 5.00. The number of carboxylic acid groups (broad SMARTS) is 1. The van der Waals surface area contributed by atoms with E-state index in [-0.39, 0.29) is 12.4 Å². The fourth-order valence-electron chi connectivity index (χ4n) is 3.30. The van der Waals surface area contributed by atoms with Crippen LogP contribution in [0.2, 0.25) is 5.02 Å². The summed E-state index contributed by atoms with van der Waals surface area (Å²) in [6, 6.07) is 14.2. The van der Waals surface area contributed by atoms with Gasteiger partial charge in [0.1, 0.15) is 0 Å². The molecule has 1 aliphatic rings. The predicted octanol–water partition coefficient (Wildman–Crippen LogP) is 2.89. The van der Waals surface area contributed by atoms with Crippen LogP contribution in [-0.4, -0.2) is 27.5 Å². The first-order chi connectivity index (χ1) is 14.1. The number of aromatic nitrogens is 3. The van der Waals surface area contributed by atoms with Crippen LogP contribution in [0.4, 0.5) is 0 Å². The zero-order chi connectivity index (χ0) is 20.0. The number of fused-ring (bicyclic) bond motifs is 2. The molecule has 1 aliphatic heterocycles. The molecule has 2 aromatic carbocycles. The molecule has 7 nitrogen and oxygen atoms in total. The van der Waals surface area contributed by atoms with Gasteiger partial charge in [-0.3, -0.25) is 0 Å². The van der Waals surface area contributed by atoms with E-state index in [4.69, 9.17) is 21.1 Å². The van der Waals surface area contributed by atoms with Gasteiger partial charge in [0.2, 0.25) is 6.79 Å². The third kappa shape index (κ3) is 3.15. The maximum Gasteiger partial charge on any atom is 0.231 e. The van der Waals surface area contributed by atoms with Crippen molar-refractivity contribution in [3.8, 4) is 22.8 Å². The monoisotopic (exact) mass is 406 g/mol. The smallest absolute Gasteiger partial charge is 0.231 e. The Morgan fingerprint density at radius 2 is 1.90 bits per heavy atom. The number of ether oxygens (including phenoxy) is 2. The molecule has 0 amide bonds. The minimum absolute atomic E-state index is 0.0324. The Morgan fingerprint density at radius 3 is 2.69 bits per heavy atom. The fourth-order valence-corrected chi connectivity index (χ4v) is 3.42. The summed E-state index contributed by atoms with van der Waals surface area (Å²) in [5, 5.41) is 17.1. The Morgan fingerprint density at radius 1 is 1.10 bits per heavy atom. The number of nitrogens with zero attached hydrogens (tertiary/aromatic N) is 3. The summed E-state index contributed by atoms with van der Waals surface area (Å²) in [6.07, 6.45) is 1.49. The van der Waals surface area contributed by atoms with E-state index >= 15 is 0 Å². The van der Waals surface area contributed by atoms with Crippen molar-refractivity contribution in [2.75, 3.05) is 6.79 Å². The highest BCUT2D eigenvalue weighted by molar-refractivity contribution is 6.30. The molecule has 144 valence electrons. The molecule has 29 heavy (non-hydrogen) atoms. The lowest BCUT2D eigenvalue weighted by Crippen LogP contribution is -2.22. The number of carbonyl (C=O) groups is 1. The maximum absolute atomic E-state index is 11.8. The fraction of sp³-hybridized carbons (Fsp3) is 0.0952. The van der Waals surface area contributed by atoms with Crippen molar-refractivity contribution in [2.24, 2.45) is 0 Å². The first-order valence-electron chi connectivity index (χ1n) is 8.81. The lowest BCUT2D eigenvalue weighted by molar-refractivity contribution is -0.254. The highest BCUT2D eigenvalue weighted by Gasteiger charge is 2.17. The molecule has 0 radical (unpaired) electrons. The van der Waals surface area contributed by atoms with Gasteiger partial charge in [-0.25, -0.2) is 9.67 Å². The second-order valence-corrected chi connectivity index (χ2v) is 7.01. The van der Waals surface area contributed by atoms with Crippen LogP contribution in [0.3, 0.4) is 0 Å². The SMILES string of the molecule is O=C([O-])c1cc(-c2ccc3c(c2)OCO3)nc2c1cnn2Cc1ccc(Cl)cc1. The molecule has 0 unspecified atom stereocenters. The van der Waals surface area contributed by atoms with Gasteiger partial charge in [-0.1, -0.05) is 23.7 Å². The molecule has 0 aliphatic carbocycles. The molecule has 2 aromatic heterocycles. The minimum atomic E-state index is -1.29. The number of pyridine rings is 1. The largest absolute Gasteiger partial charge is 0.545 e. The molecule has 5 rings (SSSR count). The van der Waals surface area contributed by atoms with Crippen LogP contribution in [0, 0.1) is 0 Å². The number of hydrogen-bond donors (Lipinski definition) is 0. The molecule has 0 saturated carbocycles. The number of halogens is 1. The number of benzene rings is 2. The van der Waals surface area contributed by atoms with Crippen LogP contribution in [0.15, 0.2) is 54.7 Å². The standard InChI is InChI=1S/C21H14ClN3O4/c22-14-4-1-12(2-5-14)10-25-20-16(9-23-25)15(21(26)27)8-17(24-20)13-3-6-18-19(7-13)29-11-28-18/h1-9H,10-11H2,(H,26,27)/p-1. The molecular weight excluding hydrogens is 394 g/mol. The summed E-state index contributed by atoms with van der Waals surface area (Å²) in [5.74, 6) is -0.0535. The van der Waals surface area contributed by atoms with Gasteiger partial charge in [-0.15, -0.1) is 0 Å². The van der Waals surface area contributed by atoms with Gasteiger partial charge in [-0.2, -0.15) is 5.10 Å². The van der Waals surface area contributed by atoms with E-state index in [9.17, 15) is 9.90 Å². The average molecular weight is 407 g/mol. The van der Waals surface area contributed by atoms with Crippen LogP contribution in [0.5, 0.6) is 11.5 Å². The second kappa shape index (κ2) is 6.79. The van der Waals surface area contributed by atoms with Gasteiger partial charge < -0.3 is 19.4 Å². The van der Waals surface area contributed by atoms with Crippen LogP contribution < -0.4 is 14.6 Å². The summed E-state index contributed by atoms with van der Waals surface area (Å²) >= 11 is 5.95. The molecule has 8 heteroatoms. The van der Waals surface area contributed by atoms with Crippen LogP contribution in [0.25, 0.3) is 22.3 Å². The zero-order valence-corrected chi connectivity index (χ0v) is 15.7. The van der Waals surface area contributed by atoms with E-state index in [1.165, 1.54) is 12.3 Å². The van der Waals surface area contributed by atoms with Crippen molar-refractivity contribution >= 4 is 28.6 Å². The zero-order valence-electron chi connectivity index (χ0n) is 15.0. The van der Waals surface area contributed by atoms with Crippen LogP contribution >= 0.6 is 11.6 Å². The first kappa shape index (κ1) is 17.5. The van der Waals surface area contributed by atoms with Crippen molar-refractivity contribution in [1.82, 2.24) is 14.8 Å². The highest BCUT2D eigenvalue weighted by Crippen LogP contribution is 2.36. The average Bonchev–Trinajstić information content (AvgIpc) is 3.35. The molecule has 0 saturated heterocycles. The minimum Gasteiger partial charge on any atom is -0.545 e. The van der Waals surface area contributed by atoms with E-state index in [0.717, 1.165) is 5.56 Å². The number of aromatic carboxylic acids is 1. The Labute approximate surface area is 170 Å². The van der Waals surface area contributed by atoms with Crippen LogP contribution in [-0.2, 0) is 6.54 Å². The molecule has 0 bridgehead atoms. The van der Waals surface area contributed by atoms with Gasteiger partial charge >= 0.3 is 0 Å². The molecule has 0 N–H and O–H groups in total. The lowest BCUT2D eigenvalue weighted by Gasteiger charge is -2.10. The van der Waals surface area contributed by atoms with E-state index in [0.29, 0.717) is 45.4 Å². The molecule has 0 fully saturated rings. The number of rotatable bonds is 4. The molecule has 3 heterocycles. The molecule has 0 atom stereocenters. The maximum atomic E-state index is 11.8. The topological polar surface area (TPSA) is 89.3 Å². The van der Waals surface area contributed by atoms with E-state index < -0.39 is 5.97 Å². The summed E-state index contributed by atoms with van der Waals surface area (Å²) in [7, 11) is 0. The normalized spacial score (nSPS) is 12.4. The van der Waals surface area contributed by atoms with Gasteiger partial charge in [0.25, 0.3) is 0 Å². The quantitative estimate of drug-likeness (QED) is 0.517. The summed E-state index contributed by atoms with van der Waals surface area (Å²) < 4.78 is 12.4. The Hall–Kier alpha value is -3.58. The third-order valence-electron chi connectivity index (χ3n) is 4.74. The van der Waals surface area contributed by atoms with Crippen molar-refractivity contribution < 1.29 is 19.4 Å². The van der Waals surface area contributed by atoms with Crippen molar-refractivity contribution in [3.63, 3.8) is 0 Å². The number of carbonyl (C=O) groups excluding carboxylic acids is 1. The highest BCUT2D eigenvalue weighted by atomic mass is 35.5. The van der Waals surface area contributed by atoms with Gasteiger partial charge in [0.15, 0.2) is 17.1 Å². The van der Waals surface area contributed by atoms with Crippen molar-refractivity contribution in [3.05, 3.63) is 70.9 Å². The number of hydrogen-bond acceptors (Lipinski definition) is 6. The summed E-state index contributed by atoms with van der Waals surface area (Å²) in [5.41, 5.74) is 2.63. The van der Waals surface area contributed by atoms with Gasteiger partial charge in [-0.05, 0) is 42.0 Å². The second-order valence-electron chi connectivity index (χ2n) is 6.58. The Balaban J connectivity index is 1.63. The van der Waals surface area contributed by atoms with E-state index in [1.807, 2.05) is 12.1 Å².